The summed E-state index contributed by atoms with van der Waals surface area (Å²) in [6, 6.07) is 0.152. The van der Waals surface area contributed by atoms with Crippen LogP contribution in [0.15, 0.2) is 0 Å². The van der Waals surface area contributed by atoms with E-state index in [-0.39, 0.29) is 12.0 Å². The summed E-state index contributed by atoms with van der Waals surface area (Å²) >= 11 is 0. The quantitative estimate of drug-likeness (QED) is 0.756. The predicted octanol–water partition coefficient (Wildman–Crippen LogP) is -0.100. The Balaban J connectivity index is 2.10. The van der Waals surface area contributed by atoms with Gasteiger partial charge in [-0.3, -0.25) is 4.79 Å². The van der Waals surface area contributed by atoms with Gasteiger partial charge in [-0.25, -0.2) is 4.68 Å². The van der Waals surface area contributed by atoms with Gasteiger partial charge in [0.05, 0.1) is 5.92 Å². The number of nitrogens with zero attached hydrogens (tertiary/aromatic N) is 5. The zero-order valence-corrected chi connectivity index (χ0v) is 9.37. The van der Waals surface area contributed by atoms with E-state index in [9.17, 15) is 4.79 Å². The lowest BCUT2D eigenvalue weighted by molar-refractivity contribution is -0.142. The summed E-state index contributed by atoms with van der Waals surface area (Å²) in [4.78, 5) is 13.0. The van der Waals surface area contributed by atoms with Crippen molar-refractivity contribution in [3.63, 3.8) is 0 Å². The predicted molar refractivity (Wildman–Crippen MR) is 56.0 cm³/mol. The largest absolute Gasteiger partial charge is 0.481 e. The van der Waals surface area contributed by atoms with Crippen LogP contribution in [0.5, 0.6) is 0 Å². The Bertz CT molecular complexity index is 391. The van der Waals surface area contributed by atoms with E-state index in [4.69, 9.17) is 5.11 Å². The van der Waals surface area contributed by atoms with Crippen LogP contribution in [-0.4, -0.2) is 43.9 Å². The third-order valence-electron chi connectivity index (χ3n) is 3.08. The highest BCUT2D eigenvalue weighted by Gasteiger charge is 2.31. The van der Waals surface area contributed by atoms with E-state index < -0.39 is 5.97 Å². The Hall–Kier alpha value is -1.66. The molecular formula is C9H15N5O2. The fraction of sp³-hybridized carbons (Fsp3) is 0.778. The van der Waals surface area contributed by atoms with Gasteiger partial charge in [0, 0.05) is 19.6 Å². The fourth-order valence-corrected chi connectivity index (χ4v) is 2.16. The molecule has 88 valence electrons. The maximum absolute atomic E-state index is 10.9. The Kier molecular flexibility index (Phi) is 2.76. The molecule has 16 heavy (non-hydrogen) atoms. The summed E-state index contributed by atoms with van der Waals surface area (Å²) in [5.74, 6) is -0.244. The molecule has 1 aliphatic heterocycles. The Labute approximate surface area is 93.0 Å². The van der Waals surface area contributed by atoms with Crippen LogP contribution in [0.25, 0.3) is 0 Å². The van der Waals surface area contributed by atoms with Crippen molar-refractivity contribution >= 4 is 11.9 Å². The molecule has 0 bridgehead atoms. The molecule has 2 heterocycles. The van der Waals surface area contributed by atoms with Crippen molar-refractivity contribution < 1.29 is 9.90 Å². The van der Waals surface area contributed by atoms with Crippen molar-refractivity contribution in [3.8, 4) is 0 Å². The number of piperidine rings is 1. The molecule has 0 spiro atoms. The zero-order chi connectivity index (χ0) is 11.7. The number of rotatable bonds is 2. The lowest BCUT2D eigenvalue weighted by atomic mass is 9.92. The summed E-state index contributed by atoms with van der Waals surface area (Å²) < 4.78 is 1.61. The van der Waals surface area contributed by atoms with Gasteiger partial charge in [0.2, 0.25) is 5.95 Å². The van der Waals surface area contributed by atoms with Gasteiger partial charge in [-0.05, 0) is 30.2 Å². The van der Waals surface area contributed by atoms with Crippen molar-refractivity contribution in [1.29, 1.82) is 0 Å². The molecule has 7 heteroatoms. The van der Waals surface area contributed by atoms with Gasteiger partial charge in [-0.15, -0.1) is 0 Å². The van der Waals surface area contributed by atoms with Crippen LogP contribution in [0.2, 0.25) is 0 Å². The highest BCUT2D eigenvalue weighted by Crippen LogP contribution is 2.25. The van der Waals surface area contributed by atoms with Crippen molar-refractivity contribution in [2.45, 2.75) is 25.8 Å². The number of aromatic nitrogens is 4. The summed E-state index contributed by atoms with van der Waals surface area (Å²) in [6.07, 6.45) is 1.29. The molecule has 0 saturated carbocycles. The summed E-state index contributed by atoms with van der Waals surface area (Å²) in [5.41, 5.74) is 0. The standard InChI is InChI=1S/C9H15N5O2/c1-6-5-7(8(15)16)3-4-14(6)9-10-11-12-13(9)2/h6-7H,3-5H2,1-2H3,(H,15,16). The Morgan fingerprint density at radius 1 is 1.56 bits per heavy atom. The SMILES string of the molecule is CC1CC(C(=O)O)CCN1c1nnnn1C. The summed E-state index contributed by atoms with van der Waals surface area (Å²) in [7, 11) is 1.78. The van der Waals surface area contributed by atoms with E-state index in [1.807, 2.05) is 6.92 Å². The third-order valence-corrected chi connectivity index (χ3v) is 3.08. The van der Waals surface area contributed by atoms with E-state index in [2.05, 4.69) is 20.4 Å². The number of aryl methyl sites for hydroxylation is 1. The lowest BCUT2D eigenvalue weighted by Crippen LogP contribution is -2.44. The van der Waals surface area contributed by atoms with Gasteiger partial charge in [0.25, 0.3) is 0 Å². The average molecular weight is 225 g/mol. The van der Waals surface area contributed by atoms with Gasteiger partial charge < -0.3 is 10.0 Å². The first-order valence-corrected chi connectivity index (χ1v) is 5.31. The van der Waals surface area contributed by atoms with E-state index in [1.165, 1.54) is 0 Å². The molecule has 2 rings (SSSR count). The van der Waals surface area contributed by atoms with Crippen LogP contribution in [0.1, 0.15) is 19.8 Å². The number of anilines is 1. The highest BCUT2D eigenvalue weighted by atomic mass is 16.4. The van der Waals surface area contributed by atoms with Crippen LogP contribution >= 0.6 is 0 Å². The van der Waals surface area contributed by atoms with Gasteiger partial charge in [-0.2, -0.15) is 0 Å². The molecular weight excluding hydrogens is 210 g/mol. The number of carboxylic acids is 1. The second-order valence-electron chi connectivity index (χ2n) is 4.20. The van der Waals surface area contributed by atoms with E-state index in [0.717, 1.165) is 0 Å². The van der Waals surface area contributed by atoms with Crippen LogP contribution in [0.3, 0.4) is 0 Å². The number of hydrogen-bond acceptors (Lipinski definition) is 5. The van der Waals surface area contributed by atoms with E-state index >= 15 is 0 Å². The van der Waals surface area contributed by atoms with Gasteiger partial charge in [-0.1, -0.05) is 5.10 Å². The molecule has 0 aromatic carbocycles. The molecule has 0 aliphatic carbocycles. The molecule has 1 aliphatic rings. The molecule has 1 fully saturated rings. The smallest absolute Gasteiger partial charge is 0.306 e. The number of aliphatic carboxylic acids is 1. The van der Waals surface area contributed by atoms with E-state index in [1.54, 1.807) is 11.7 Å². The molecule has 2 unspecified atom stereocenters. The molecule has 1 N–H and O–H groups in total. The Morgan fingerprint density at radius 3 is 2.81 bits per heavy atom. The first kappa shape index (κ1) is 10.8. The first-order chi connectivity index (χ1) is 7.59. The van der Waals surface area contributed by atoms with Gasteiger partial charge in [0.15, 0.2) is 0 Å². The number of carbonyl (C=O) groups is 1. The first-order valence-electron chi connectivity index (χ1n) is 5.31. The minimum absolute atomic E-state index is 0.152. The molecule has 7 nitrogen and oxygen atoms in total. The van der Waals surface area contributed by atoms with Crippen molar-refractivity contribution in [2.24, 2.45) is 13.0 Å². The van der Waals surface area contributed by atoms with Gasteiger partial charge >= 0.3 is 5.97 Å². The van der Waals surface area contributed by atoms with Crippen LogP contribution < -0.4 is 4.90 Å². The van der Waals surface area contributed by atoms with Crippen molar-refractivity contribution in [2.75, 3.05) is 11.4 Å². The maximum atomic E-state index is 10.9. The second-order valence-corrected chi connectivity index (χ2v) is 4.20. The van der Waals surface area contributed by atoms with Crippen LogP contribution in [0, 0.1) is 5.92 Å². The van der Waals surface area contributed by atoms with Crippen molar-refractivity contribution in [1.82, 2.24) is 20.2 Å². The average Bonchev–Trinajstić information content (AvgIpc) is 2.64. The van der Waals surface area contributed by atoms with Crippen LogP contribution in [-0.2, 0) is 11.8 Å². The molecule has 0 amide bonds. The molecule has 1 aromatic rings. The second kappa shape index (κ2) is 4.07. The normalized spacial score (nSPS) is 25.8. The minimum Gasteiger partial charge on any atom is -0.481 e. The molecule has 1 saturated heterocycles. The monoisotopic (exact) mass is 225 g/mol. The maximum Gasteiger partial charge on any atom is 0.306 e. The molecule has 1 aromatic heterocycles. The zero-order valence-electron chi connectivity index (χ0n) is 9.37. The topological polar surface area (TPSA) is 84.1 Å². The third kappa shape index (κ3) is 1.84. The van der Waals surface area contributed by atoms with Gasteiger partial charge in [0.1, 0.15) is 0 Å². The summed E-state index contributed by atoms with van der Waals surface area (Å²) in [6.45, 7) is 2.69. The minimum atomic E-state index is -0.706. The lowest BCUT2D eigenvalue weighted by Gasteiger charge is -2.36. The Morgan fingerprint density at radius 2 is 2.31 bits per heavy atom. The number of carboxylic acid groups (broad SMARTS) is 1. The fourth-order valence-electron chi connectivity index (χ4n) is 2.16. The number of tetrazole rings is 1. The highest BCUT2D eigenvalue weighted by molar-refractivity contribution is 5.70. The van der Waals surface area contributed by atoms with Crippen molar-refractivity contribution in [3.05, 3.63) is 0 Å². The van der Waals surface area contributed by atoms with E-state index in [0.29, 0.717) is 25.3 Å². The van der Waals surface area contributed by atoms with Crippen LogP contribution in [0.4, 0.5) is 5.95 Å². The molecule has 2 atom stereocenters. The number of hydrogen-bond donors (Lipinski definition) is 1. The summed E-state index contributed by atoms with van der Waals surface area (Å²) in [5, 5.41) is 20.3. The molecule has 0 radical (unpaired) electrons.